The Labute approximate surface area is 130 Å². The summed E-state index contributed by atoms with van der Waals surface area (Å²) in [6.07, 6.45) is 0. The zero-order valence-corrected chi connectivity index (χ0v) is 13.1. The molecule has 2 heterocycles. The molecule has 0 amide bonds. The van der Waals surface area contributed by atoms with Crippen LogP contribution in [0.3, 0.4) is 0 Å². The van der Waals surface area contributed by atoms with Crippen molar-refractivity contribution < 1.29 is 0 Å². The number of hydrogen-bond donors (Lipinski definition) is 0. The van der Waals surface area contributed by atoms with E-state index in [1.807, 2.05) is 32.0 Å². The van der Waals surface area contributed by atoms with Crippen LogP contribution in [0.15, 0.2) is 30.3 Å². The number of hydrogen-bond acceptors (Lipinski definition) is 4. The summed E-state index contributed by atoms with van der Waals surface area (Å²) in [5, 5.41) is 0.779. The summed E-state index contributed by atoms with van der Waals surface area (Å²) in [4.78, 5) is 13.7. The van der Waals surface area contributed by atoms with Gasteiger partial charge in [0, 0.05) is 48.3 Å². The molecular weight excluding hydrogens is 284 g/mol. The van der Waals surface area contributed by atoms with Gasteiger partial charge in [-0.1, -0.05) is 11.6 Å². The maximum Gasteiger partial charge on any atom is 0.225 e. The second-order valence-electron chi connectivity index (χ2n) is 5.40. The van der Waals surface area contributed by atoms with Crippen LogP contribution in [-0.2, 0) is 0 Å². The van der Waals surface area contributed by atoms with Crippen molar-refractivity contribution >= 4 is 23.2 Å². The summed E-state index contributed by atoms with van der Waals surface area (Å²) < 4.78 is 0. The van der Waals surface area contributed by atoms with Gasteiger partial charge in [0.25, 0.3) is 0 Å². The quantitative estimate of drug-likeness (QED) is 0.853. The van der Waals surface area contributed by atoms with Crippen LogP contribution in [0.1, 0.15) is 11.4 Å². The van der Waals surface area contributed by atoms with Gasteiger partial charge in [-0.2, -0.15) is 0 Å². The monoisotopic (exact) mass is 302 g/mol. The fraction of sp³-hybridized carbons (Fsp3) is 0.375. The van der Waals surface area contributed by atoms with Crippen LogP contribution in [-0.4, -0.2) is 36.1 Å². The summed E-state index contributed by atoms with van der Waals surface area (Å²) in [5.74, 6) is 0.850. The van der Waals surface area contributed by atoms with E-state index in [1.165, 1.54) is 5.69 Å². The predicted molar refractivity (Wildman–Crippen MR) is 87.4 cm³/mol. The lowest BCUT2D eigenvalue weighted by molar-refractivity contribution is 0.638. The Bertz CT molecular complexity index is 598. The van der Waals surface area contributed by atoms with Crippen molar-refractivity contribution in [1.29, 1.82) is 0 Å². The average molecular weight is 303 g/mol. The van der Waals surface area contributed by atoms with Crippen LogP contribution in [0.4, 0.5) is 11.6 Å². The third-order valence-electron chi connectivity index (χ3n) is 3.72. The molecule has 1 aromatic carbocycles. The molecule has 21 heavy (non-hydrogen) atoms. The van der Waals surface area contributed by atoms with Gasteiger partial charge >= 0.3 is 0 Å². The predicted octanol–water partition coefficient (Wildman–Crippen LogP) is 3.07. The number of aryl methyl sites for hydroxylation is 2. The molecule has 0 radical (unpaired) electrons. The Morgan fingerprint density at radius 3 is 1.95 bits per heavy atom. The molecule has 0 N–H and O–H groups in total. The summed E-state index contributed by atoms with van der Waals surface area (Å²) in [5.41, 5.74) is 3.27. The molecule has 110 valence electrons. The fourth-order valence-corrected chi connectivity index (χ4v) is 2.79. The first kappa shape index (κ1) is 14.1. The highest BCUT2D eigenvalue weighted by atomic mass is 35.5. The molecule has 0 unspecified atom stereocenters. The van der Waals surface area contributed by atoms with Crippen molar-refractivity contribution in [2.45, 2.75) is 13.8 Å². The second-order valence-corrected chi connectivity index (χ2v) is 5.84. The van der Waals surface area contributed by atoms with E-state index in [2.05, 4.69) is 31.9 Å². The number of rotatable bonds is 2. The standard InChI is InChI=1S/C16H19ClN4/c1-12-11-13(2)19-16(18-12)21-9-7-20(8-10-21)15-5-3-14(17)4-6-15/h3-6,11H,7-10H2,1-2H3. The second kappa shape index (κ2) is 5.90. The van der Waals surface area contributed by atoms with Crippen molar-refractivity contribution in [3.63, 3.8) is 0 Å². The molecule has 0 saturated carbocycles. The molecule has 0 aliphatic carbocycles. The van der Waals surface area contributed by atoms with E-state index in [0.717, 1.165) is 48.5 Å². The highest BCUT2D eigenvalue weighted by Gasteiger charge is 2.19. The van der Waals surface area contributed by atoms with E-state index in [1.54, 1.807) is 0 Å². The lowest BCUT2D eigenvalue weighted by Gasteiger charge is -2.36. The minimum atomic E-state index is 0.779. The number of piperazine rings is 1. The molecule has 4 nitrogen and oxygen atoms in total. The van der Waals surface area contributed by atoms with Gasteiger partial charge in [0.15, 0.2) is 0 Å². The lowest BCUT2D eigenvalue weighted by atomic mass is 10.2. The van der Waals surface area contributed by atoms with E-state index in [-0.39, 0.29) is 0 Å². The molecule has 5 heteroatoms. The minimum absolute atomic E-state index is 0.779. The van der Waals surface area contributed by atoms with E-state index >= 15 is 0 Å². The first-order valence-electron chi connectivity index (χ1n) is 7.19. The molecule has 0 bridgehead atoms. The van der Waals surface area contributed by atoms with Crippen LogP contribution in [0.5, 0.6) is 0 Å². The van der Waals surface area contributed by atoms with Crippen molar-refractivity contribution in [2.24, 2.45) is 0 Å². The number of aromatic nitrogens is 2. The third kappa shape index (κ3) is 3.27. The smallest absolute Gasteiger partial charge is 0.225 e. The maximum atomic E-state index is 5.94. The molecular formula is C16H19ClN4. The average Bonchev–Trinajstić information content (AvgIpc) is 2.47. The van der Waals surface area contributed by atoms with E-state index in [0.29, 0.717) is 0 Å². The van der Waals surface area contributed by atoms with E-state index in [4.69, 9.17) is 11.6 Å². The van der Waals surface area contributed by atoms with Gasteiger partial charge in [0.2, 0.25) is 5.95 Å². The lowest BCUT2D eigenvalue weighted by Crippen LogP contribution is -2.47. The van der Waals surface area contributed by atoms with Crippen LogP contribution in [0.2, 0.25) is 5.02 Å². The Hall–Kier alpha value is -1.81. The molecule has 2 aromatic rings. The van der Waals surface area contributed by atoms with Gasteiger partial charge in [-0.25, -0.2) is 9.97 Å². The van der Waals surface area contributed by atoms with Crippen LogP contribution < -0.4 is 9.80 Å². The first-order valence-corrected chi connectivity index (χ1v) is 7.57. The van der Waals surface area contributed by atoms with Crippen LogP contribution >= 0.6 is 11.6 Å². The van der Waals surface area contributed by atoms with Crippen molar-refractivity contribution in [1.82, 2.24) is 9.97 Å². The van der Waals surface area contributed by atoms with Gasteiger partial charge in [-0.15, -0.1) is 0 Å². The summed E-state index contributed by atoms with van der Waals surface area (Å²) >= 11 is 5.94. The first-order chi connectivity index (χ1) is 10.1. The molecule has 1 aliphatic rings. The number of nitrogens with zero attached hydrogens (tertiary/aromatic N) is 4. The van der Waals surface area contributed by atoms with Gasteiger partial charge < -0.3 is 9.80 Å². The molecule has 1 aliphatic heterocycles. The van der Waals surface area contributed by atoms with Gasteiger partial charge in [0.1, 0.15) is 0 Å². The van der Waals surface area contributed by atoms with Gasteiger partial charge in [-0.3, -0.25) is 0 Å². The number of anilines is 2. The molecule has 0 atom stereocenters. The third-order valence-corrected chi connectivity index (χ3v) is 3.98. The van der Waals surface area contributed by atoms with Crippen molar-refractivity contribution in [2.75, 3.05) is 36.0 Å². The topological polar surface area (TPSA) is 32.3 Å². The normalized spacial score (nSPS) is 15.4. The highest BCUT2D eigenvalue weighted by molar-refractivity contribution is 6.30. The Balaban J connectivity index is 1.68. The molecule has 1 saturated heterocycles. The molecule has 3 rings (SSSR count). The van der Waals surface area contributed by atoms with E-state index in [9.17, 15) is 0 Å². The maximum absolute atomic E-state index is 5.94. The Kier molecular flexibility index (Phi) is 3.97. The van der Waals surface area contributed by atoms with Crippen LogP contribution in [0, 0.1) is 13.8 Å². The zero-order chi connectivity index (χ0) is 14.8. The molecule has 1 aromatic heterocycles. The minimum Gasteiger partial charge on any atom is -0.368 e. The summed E-state index contributed by atoms with van der Waals surface area (Å²) in [6.45, 7) is 7.84. The largest absolute Gasteiger partial charge is 0.368 e. The molecule has 0 spiro atoms. The zero-order valence-electron chi connectivity index (χ0n) is 12.4. The number of halogens is 1. The van der Waals surface area contributed by atoms with Crippen molar-refractivity contribution in [3.05, 3.63) is 46.7 Å². The fourth-order valence-electron chi connectivity index (χ4n) is 2.67. The Morgan fingerprint density at radius 2 is 1.38 bits per heavy atom. The van der Waals surface area contributed by atoms with Gasteiger partial charge in [0.05, 0.1) is 0 Å². The highest BCUT2D eigenvalue weighted by Crippen LogP contribution is 2.20. The van der Waals surface area contributed by atoms with Crippen molar-refractivity contribution in [3.8, 4) is 0 Å². The van der Waals surface area contributed by atoms with E-state index < -0.39 is 0 Å². The van der Waals surface area contributed by atoms with Crippen LogP contribution in [0.25, 0.3) is 0 Å². The summed E-state index contributed by atoms with van der Waals surface area (Å²) in [6, 6.07) is 10.0. The SMILES string of the molecule is Cc1cc(C)nc(N2CCN(c3ccc(Cl)cc3)CC2)n1. The summed E-state index contributed by atoms with van der Waals surface area (Å²) in [7, 11) is 0. The van der Waals surface area contributed by atoms with Gasteiger partial charge in [-0.05, 0) is 44.2 Å². The Morgan fingerprint density at radius 1 is 0.857 bits per heavy atom. The number of benzene rings is 1. The molecule has 1 fully saturated rings.